The highest BCUT2D eigenvalue weighted by Crippen LogP contribution is 2.30. The topological polar surface area (TPSA) is 64.6 Å². The van der Waals surface area contributed by atoms with Crippen molar-refractivity contribution < 1.29 is 19.1 Å². The molecule has 0 aromatic heterocycles. The lowest BCUT2D eigenvalue weighted by molar-refractivity contribution is -0.124. The number of imide groups is 1. The fourth-order valence-corrected chi connectivity index (χ4v) is 2.37. The average molecular weight is 295 g/mol. The Balaban J connectivity index is 1.97. The van der Waals surface area contributed by atoms with Crippen LogP contribution in [-0.2, 0) is 16.0 Å². The van der Waals surface area contributed by atoms with Crippen LogP contribution in [0.2, 0.25) is 0 Å². The second-order valence-electron chi connectivity index (χ2n) is 4.98. The van der Waals surface area contributed by atoms with Gasteiger partial charge in [0.05, 0.1) is 11.9 Å². The first-order chi connectivity index (χ1) is 9.42. The fourth-order valence-electron chi connectivity index (χ4n) is 2.09. The van der Waals surface area contributed by atoms with E-state index >= 15 is 0 Å². The predicted molar refractivity (Wildman–Crippen MR) is 77.1 cm³/mol. The quantitative estimate of drug-likeness (QED) is 0.815. The van der Waals surface area contributed by atoms with Gasteiger partial charge in [0, 0.05) is 0 Å². The van der Waals surface area contributed by atoms with Crippen LogP contribution in [0.1, 0.15) is 18.9 Å². The normalized spacial score (nSPS) is 21.1. The zero-order valence-corrected chi connectivity index (χ0v) is 12.3. The summed E-state index contributed by atoms with van der Waals surface area (Å²) in [5, 5.41) is 2.12. The van der Waals surface area contributed by atoms with Crippen molar-refractivity contribution in [3.05, 3.63) is 29.8 Å². The second-order valence-corrected chi connectivity index (χ2v) is 6.00. The number of aryl methyl sites for hydroxylation is 1. The highest BCUT2D eigenvalue weighted by atomic mass is 32.1. The number of hydrogen-bond acceptors (Lipinski definition) is 5. The SMILES string of the molecule is COc1ccc(CC[C@](C)(S)C2OC(=O)NC2=O)cc1. The van der Waals surface area contributed by atoms with Gasteiger partial charge in [-0.25, -0.2) is 4.79 Å². The Kier molecular flexibility index (Phi) is 4.23. The van der Waals surface area contributed by atoms with Crippen LogP contribution in [-0.4, -0.2) is 30.0 Å². The summed E-state index contributed by atoms with van der Waals surface area (Å²) in [5.41, 5.74) is 1.11. The molecular weight excluding hydrogens is 278 g/mol. The van der Waals surface area contributed by atoms with E-state index in [1.165, 1.54) is 0 Å². The highest BCUT2D eigenvalue weighted by molar-refractivity contribution is 7.81. The van der Waals surface area contributed by atoms with E-state index < -0.39 is 22.9 Å². The van der Waals surface area contributed by atoms with Crippen LogP contribution < -0.4 is 10.1 Å². The van der Waals surface area contributed by atoms with E-state index in [2.05, 4.69) is 17.9 Å². The Morgan fingerprint density at radius 2 is 2.00 bits per heavy atom. The van der Waals surface area contributed by atoms with Crippen LogP contribution in [0.5, 0.6) is 5.75 Å². The summed E-state index contributed by atoms with van der Waals surface area (Å²) in [6.07, 6.45) is -0.222. The minimum Gasteiger partial charge on any atom is -0.497 e. The zero-order chi connectivity index (χ0) is 14.8. The van der Waals surface area contributed by atoms with E-state index in [0.29, 0.717) is 6.42 Å². The van der Waals surface area contributed by atoms with Crippen LogP contribution in [0, 0.1) is 0 Å². The molecule has 5 nitrogen and oxygen atoms in total. The second kappa shape index (κ2) is 5.75. The molecule has 1 fully saturated rings. The largest absolute Gasteiger partial charge is 0.497 e. The van der Waals surface area contributed by atoms with Crippen LogP contribution in [0.3, 0.4) is 0 Å². The summed E-state index contributed by atoms with van der Waals surface area (Å²) in [4.78, 5) is 22.7. The van der Waals surface area contributed by atoms with E-state index in [0.717, 1.165) is 17.7 Å². The molecule has 2 atom stereocenters. The van der Waals surface area contributed by atoms with Crippen LogP contribution in [0.15, 0.2) is 24.3 Å². The molecule has 0 radical (unpaired) electrons. The summed E-state index contributed by atoms with van der Waals surface area (Å²) in [5.74, 6) is 0.369. The molecule has 20 heavy (non-hydrogen) atoms. The summed E-state index contributed by atoms with van der Waals surface area (Å²) >= 11 is 4.49. The van der Waals surface area contributed by atoms with Gasteiger partial charge in [0.15, 0.2) is 6.10 Å². The summed E-state index contributed by atoms with van der Waals surface area (Å²) < 4.78 is 9.35. The molecule has 1 saturated heterocycles. The van der Waals surface area contributed by atoms with Crippen molar-refractivity contribution in [3.8, 4) is 5.75 Å². The number of thiol groups is 1. The molecule has 1 aromatic rings. The average Bonchev–Trinajstić information content (AvgIpc) is 2.77. The Hall–Kier alpha value is -1.69. The van der Waals surface area contributed by atoms with Gasteiger partial charge in [-0.1, -0.05) is 12.1 Å². The monoisotopic (exact) mass is 295 g/mol. The zero-order valence-electron chi connectivity index (χ0n) is 11.4. The molecule has 0 bridgehead atoms. The lowest BCUT2D eigenvalue weighted by Crippen LogP contribution is -2.41. The van der Waals surface area contributed by atoms with Gasteiger partial charge in [0.1, 0.15) is 5.75 Å². The van der Waals surface area contributed by atoms with Gasteiger partial charge < -0.3 is 9.47 Å². The first-order valence-corrected chi connectivity index (χ1v) is 6.74. The first-order valence-electron chi connectivity index (χ1n) is 6.29. The third-order valence-electron chi connectivity index (χ3n) is 3.33. The Morgan fingerprint density at radius 1 is 1.35 bits per heavy atom. The number of cyclic esters (lactones) is 1. The molecule has 0 saturated carbocycles. The van der Waals surface area contributed by atoms with Gasteiger partial charge in [-0.05, 0) is 37.5 Å². The van der Waals surface area contributed by atoms with E-state index in [9.17, 15) is 9.59 Å². The first kappa shape index (κ1) is 14.7. The maximum atomic E-state index is 11.6. The molecule has 2 amide bonds. The molecule has 108 valence electrons. The highest BCUT2D eigenvalue weighted by Gasteiger charge is 2.44. The predicted octanol–water partition coefficient (Wildman–Crippen LogP) is 1.95. The standard InChI is InChI=1S/C14H17NO4S/c1-14(20,11-12(16)15-13(17)19-11)8-7-9-3-5-10(18-2)6-4-9/h3-6,11,20H,7-8H2,1-2H3,(H,15,16,17)/t11?,14-/m0/s1. The third-order valence-corrected chi connectivity index (χ3v) is 3.79. The third kappa shape index (κ3) is 3.25. The lowest BCUT2D eigenvalue weighted by atomic mass is 9.94. The van der Waals surface area contributed by atoms with Gasteiger partial charge in [-0.3, -0.25) is 10.1 Å². The number of hydrogen-bond donors (Lipinski definition) is 2. The number of carbonyl (C=O) groups excluding carboxylic acids is 2. The van der Waals surface area contributed by atoms with Crippen molar-refractivity contribution >= 4 is 24.6 Å². The molecule has 1 aliphatic heterocycles. The smallest absolute Gasteiger partial charge is 0.414 e. The number of nitrogens with one attached hydrogen (secondary N) is 1. The molecule has 2 rings (SSSR count). The minimum absolute atomic E-state index is 0.428. The number of carbonyl (C=O) groups is 2. The van der Waals surface area contributed by atoms with E-state index in [1.54, 1.807) is 14.0 Å². The summed E-state index contributed by atoms with van der Waals surface area (Å²) in [6.45, 7) is 1.79. The Morgan fingerprint density at radius 3 is 2.50 bits per heavy atom. The van der Waals surface area contributed by atoms with Gasteiger partial charge in [0.25, 0.3) is 5.91 Å². The summed E-state index contributed by atoms with van der Waals surface area (Å²) in [6, 6.07) is 7.69. The van der Waals surface area contributed by atoms with Crippen LogP contribution in [0.25, 0.3) is 0 Å². The number of alkyl carbamates (subject to hydrolysis) is 1. The number of methoxy groups -OCH3 is 1. The fraction of sp³-hybridized carbons (Fsp3) is 0.429. The van der Waals surface area contributed by atoms with Gasteiger partial charge in [-0.15, -0.1) is 0 Å². The molecule has 0 spiro atoms. The van der Waals surface area contributed by atoms with Crippen molar-refractivity contribution in [1.29, 1.82) is 0 Å². The number of ether oxygens (including phenoxy) is 2. The number of amides is 2. The van der Waals surface area contributed by atoms with Gasteiger partial charge >= 0.3 is 6.09 Å². The van der Waals surface area contributed by atoms with Crippen LogP contribution in [0.4, 0.5) is 4.79 Å². The van der Waals surface area contributed by atoms with Crippen molar-refractivity contribution in [3.63, 3.8) is 0 Å². The molecule has 1 aromatic carbocycles. The van der Waals surface area contributed by atoms with Gasteiger partial charge in [-0.2, -0.15) is 12.6 Å². The van der Waals surface area contributed by atoms with Crippen molar-refractivity contribution in [1.82, 2.24) is 5.32 Å². The molecule has 1 unspecified atom stereocenters. The lowest BCUT2D eigenvalue weighted by Gasteiger charge is -2.27. The molecule has 6 heteroatoms. The molecule has 1 N–H and O–H groups in total. The molecular formula is C14H17NO4S. The molecule has 1 aliphatic rings. The minimum atomic E-state index is -0.850. The van der Waals surface area contributed by atoms with Gasteiger partial charge in [0.2, 0.25) is 0 Å². The van der Waals surface area contributed by atoms with E-state index in [1.807, 2.05) is 24.3 Å². The van der Waals surface area contributed by atoms with Crippen molar-refractivity contribution in [2.45, 2.75) is 30.6 Å². The van der Waals surface area contributed by atoms with E-state index in [-0.39, 0.29) is 0 Å². The molecule has 0 aliphatic carbocycles. The molecule has 1 heterocycles. The number of rotatable bonds is 5. The van der Waals surface area contributed by atoms with Crippen molar-refractivity contribution in [2.75, 3.05) is 7.11 Å². The van der Waals surface area contributed by atoms with Crippen molar-refractivity contribution in [2.24, 2.45) is 0 Å². The maximum absolute atomic E-state index is 11.6. The van der Waals surface area contributed by atoms with E-state index in [4.69, 9.17) is 9.47 Å². The maximum Gasteiger partial charge on any atom is 0.414 e. The summed E-state index contributed by atoms with van der Waals surface area (Å²) in [7, 11) is 1.62. The number of benzene rings is 1. The Bertz CT molecular complexity index is 512. The Labute approximate surface area is 123 Å². The van der Waals surface area contributed by atoms with Crippen LogP contribution >= 0.6 is 12.6 Å².